The van der Waals surface area contributed by atoms with E-state index in [1.165, 1.54) is 16.4 Å². The maximum absolute atomic E-state index is 12.8. The van der Waals surface area contributed by atoms with Gasteiger partial charge in [-0.25, -0.2) is 8.42 Å². The fourth-order valence-electron chi connectivity index (χ4n) is 2.41. The minimum Gasteiger partial charge on any atom is -0.485 e. The van der Waals surface area contributed by atoms with Gasteiger partial charge in [-0.05, 0) is 36.4 Å². The van der Waals surface area contributed by atoms with Crippen LogP contribution in [0.3, 0.4) is 0 Å². The second kappa shape index (κ2) is 7.48. The number of sulfonamides is 1. The molecule has 1 aromatic carbocycles. The van der Waals surface area contributed by atoms with Crippen molar-refractivity contribution < 1.29 is 17.9 Å². The van der Waals surface area contributed by atoms with Gasteiger partial charge in [0.05, 0.1) is 30.9 Å². The van der Waals surface area contributed by atoms with Crippen LogP contribution in [0.4, 0.5) is 0 Å². The first-order chi connectivity index (χ1) is 11.6. The Bertz CT molecular complexity index is 768. The van der Waals surface area contributed by atoms with Crippen molar-refractivity contribution in [2.75, 3.05) is 26.3 Å². The standard InChI is InChI=1S/C16H17ClN2O4S/c17-13-3-5-16(6-4-13)24(20,21)19-8-9-22-12-15(11-19)23-14-2-1-7-18-10-14/h1-7,10,15H,8-9,11-12H2/t15-/m1/s1. The van der Waals surface area contributed by atoms with Crippen LogP contribution in [0.1, 0.15) is 0 Å². The topological polar surface area (TPSA) is 68.7 Å². The molecule has 1 aliphatic heterocycles. The molecule has 0 amide bonds. The first kappa shape index (κ1) is 17.2. The number of aromatic nitrogens is 1. The quantitative estimate of drug-likeness (QED) is 0.827. The molecular formula is C16H17ClN2O4S. The predicted molar refractivity (Wildman–Crippen MR) is 89.7 cm³/mol. The molecule has 2 heterocycles. The highest BCUT2D eigenvalue weighted by Gasteiger charge is 2.30. The smallest absolute Gasteiger partial charge is 0.243 e. The fraction of sp³-hybridized carbons (Fsp3) is 0.312. The van der Waals surface area contributed by atoms with Gasteiger partial charge in [-0.1, -0.05) is 11.6 Å². The summed E-state index contributed by atoms with van der Waals surface area (Å²) in [5.41, 5.74) is 0. The van der Waals surface area contributed by atoms with Gasteiger partial charge in [0.25, 0.3) is 0 Å². The van der Waals surface area contributed by atoms with E-state index in [-0.39, 0.29) is 18.0 Å². The molecule has 0 aliphatic carbocycles. The van der Waals surface area contributed by atoms with Gasteiger partial charge in [0.1, 0.15) is 11.9 Å². The van der Waals surface area contributed by atoms with Gasteiger partial charge in [-0.15, -0.1) is 0 Å². The average molecular weight is 369 g/mol. The summed E-state index contributed by atoms with van der Waals surface area (Å²) in [5.74, 6) is 0.580. The third-order valence-electron chi connectivity index (χ3n) is 3.58. The lowest BCUT2D eigenvalue weighted by Gasteiger charge is -2.23. The Morgan fingerprint density at radius 3 is 2.75 bits per heavy atom. The van der Waals surface area contributed by atoms with Crippen LogP contribution in [0, 0.1) is 0 Å². The highest BCUT2D eigenvalue weighted by molar-refractivity contribution is 7.89. The van der Waals surface area contributed by atoms with Crippen molar-refractivity contribution in [2.45, 2.75) is 11.0 Å². The summed E-state index contributed by atoms with van der Waals surface area (Å²) >= 11 is 5.83. The zero-order chi connectivity index (χ0) is 17.0. The van der Waals surface area contributed by atoms with E-state index >= 15 is 0 Å². The predicted octanol–water partition coefficient (Wildman–Crippen LogP) is 2.20. The normalized spacial score (nSPS) is 19.6. The largest absolute Gasteiger partial charge is 0.485 e. The second-order valence-electron chi connectivity index (χ2n) is 5.32. The summed E-state index contributed by atoms with van der Waals surface area (Å²) in [5, 5.41) is 0.492. The minimum absolute atomic E-state index is 0.203. The second-order valence-corrected chi connectivity index (χ2v) is 7.69. The molecule has 3 rings (SSSR count). The van der Waals surface area contributed by atoms with E-state index in [1.54, 1.807) is 36.7 Å². The molecule has 1 aliphatic rings. The van der Waals surface area contributed by atoms with Gasteiger partial charge < -0.3 is 9.47 Å². The molecule has 8 heteroatoms. The highest BCUT2D eigenvalue weighted by Crippen LogP contribution is 2.21. The van der Waals surface area contributed by atoms with E-state index in [2.05, 4.69) is 4.98 Å². The maximum Gasteiger partial charge on any atom is 0.243 e. The Morgan fingerprint density at radius 2 is 2.04 bits per heavy atom. The van der Waals surface area contributed by atoms with E-state index in [0.717, 1.165) is 0 Å². The van der Waals surface area contributed by atoms with E-state index in [1.807, 2.05) is 0 Å². The Hall–Kier alpha value is -1.67. The minimum atomic E-state index is -3.63. The Balaban J connectivity index is 1.78. The van der Waals surface area contributed by atoms with Gasteiger partial charge >= 0.3 is 0 Å². The Kier molecular flexibility index (Phi) is 5.35. The molecule has 0 spiro atoms. The first-order valence-electron chi connectivity index (χ1n) is 7.46. The number of hydrogen-bond donors (Lipinski definition) is 0. The summed E-state index contributed by atoms with van der Waals surface area (Å²) in [6.07, 6.45) is 2.83. The first-order valence-corrected chi connectivity index (χ1v) is 9.27. The third kappa shape index (κ3) is 4.05. The third-order valence-corrected chi connectivity index (χ3v) is 5.72. The SMILES string of the molecule is O=S(=O)(c1ccc(Cl)cc1)N1CCOC[C@H](Oc2cccnc2)C1. The van der Waals surface area contributed by atoms with E-state index in [4.69, 9.17) is 21.1 Å². The number of rotatable bonds is 4. The van der Waals surface area contributed by atoms with Crippen molar-refractivity contribution >= 4 is 21.6 Å². The van der Waals surface area contributed by atoms with E-state index in [0.29, 0.717) is 24.0 Å². The van der Waals surface area contributed by atoms with Crippen molar-refractivity contribution in [2.24, 2.45) is 0 Å². The van der Waals surface area contributed by atoms with Crippen LogP contribution >= 0.6 is 11.6 Å². The summed E-state index contributed by atoms with van der Waals surface area (Å²) in [6, 6.07) is 9.66. The van der Waals surface area contributed by atoms with Crippen LogP contribution in [0.2, 0.25) is 5.02 Å². The molecule has 0 unspecified atom stereocenters. The summed E-state index contributed by atoms with van der Waals surface area (Å²) in [7, 11) is -3.63. The van der Waals surface area contributed by atoms with E-state index < -0.39 is 16.1 Å². The number of nitrogens with zero attached hydrogens (tertiary/aromatic N) is 2. The summed E-state index contributed by atoms with van der Waals surface area (Å²) < 4.78 is 38.3. The molecule has 1 fully saturated rings. The molecule has 128 valence electrons. The zero-order valence-electron chi connectivity index (χ0n) is 12.8. The molecule has 0 bridgehead atoms. The molecule has 1 saturated heterocycles. The molecule has 6 nitrogen and oxygen atoms in total. The zero-order valence-corrected chi connectivity index (χ0v) is 14.4. The number of benzene rings is 1. The number of halogens is 1. The van der Waals surface area contributed by atoms with Crippen molar-refractivity contribution in [3.05, 3.63) is 53.8 Å². The lowest BCUT2D eigenvalue weighted by Crippen LogP contribution is -2.39. The van der Waals surface area contributed by atoms with Crippen LogP contribution in [-0.2, 0) is 14.8 Å². The lowest BCUT2D eigenvalue weighted by molar-refractivity contribution is 0.0721. The Morgan fingerprint density at radius 1 is 1.25 bits per heavy atom. The van der Waals surface area contributed by atoms with Gasteiger partial charge in [0.2, 0.25) is 10.0 Å². The monoisotopic (exact) mass is 368 g/mol. The van der Waals surface area contributed by atoms with Crippen molar-refractivity contribution in [3.8, 4) is 5.75 Å². The highest BCUT2D eigenvalue weighted by atomic mass is 35.5. The van der Waals surface area contributed by atoms with Gasteiger partial charge in [0, 0.05) is 17.8 Å². The molecule has 1 aromatic heterocycles. The van der Waals surface area contributed by atoms with Crippen LogP contribution in [0.5, 0.6) is 5.75 Å². The molecular weight excluding hydrogens is 352 g/mol. The summed E-state index contributed by atoms with van der Waals surface area (Å²) in [4.78, 5) is 4.19. The van der Waals surface area contributed by atoms with Gasteiger partial charge in [-0.3, -0.25) is 4.98 Å². The van der Waals surface area contributed by atoms with Crippen molar-refractivity contribution in [1.82, 2.24) is 9.29 Å². The van der Waals surface area contributed by atoms with Crippen LogP contribution in [0.15, 0.2) is 53.7 Å². The molecule has 1 atom stereocenters. The molecule has 2 aromatic rings. The van der Waals surface area contributed by atoms with Gasteiger partial charge in [-0.2, -0.15) is 4.31 Å². The lowest BCUT2D eigenvalue weighted by atomic mass is 10.3. The molecule has 24 heavy (non-hydrogen) atoms. The number of pyridine rings is 1. The number of ether oxygens (including phenoxy) is 2. The van der Waals surface area contributed by atoms with Gasteiger partial charge in [0.15, 0.2) is 0 Å². The van der Waals surface area contributed by atoms with E-state index in [9.17, 15) is 8.42 Å². The van der Waals surface area contributed by atoms with Crippen LogP contribution < -0.4 is 4.74 Å². The fourth-order valence-corrected chi connectivity index (χ4v) is 3.99. The Labute approximate surface area is 146 Å². The molecule has 0 N–H and O–H groups in total. The van der Waals surface area contributed by atoms with Crippen molar-refractivity contribution in [1.29, 1.82) is 0 Å². The van der Waals surface area contributed by atoms with Crippen molar-refractivity contribution in [3.63, 3.8) is 0 Å². The van der Waals surface area contributed by atoms with Crippen LogP contribution in [0.25, 0.3) is 0 Å². The summed E-state index contributed by atoms with van der Waals surface area (Å²) in [6.45, 7) is 1.12. The maximum atomic E-state index is 12.8. The molecule has 0 saturated carbocycles. The average Bonchev–Trinajstić information content (AvgIpc) is 2.82. The molecule has 0 radical (unpaired) electrons. The van der Waals surface area contributed by atoms with Crippen LogP contribution in [-0.4, -0.2) is 50.1 Å². The number of hydrogen-bond acceptors (Lipinski definition) is 5.